The van der Waals surface area contributed by atoms with Gasteiger partial charge in [-0.2, -0.15) is 0 Å². The number of esters is 1. The molecule has 0 spiro atoms. The molecule has 1 N–H and O–H groups in total. The van der Waals surface area contributed by atoms with Gasteiger partial charge in [0.2, 0.25) is 0 Å². The van der Waals surface area contributed by atoms with Gasteiger partial charge in [0.1, 0.15) is 6.61 Å². The summed E-state index contributed by atoms with van der Waals surface area (Å²) in [4.78, 5) is 11.3. The Morgan fingerprint density at radius 3 is 3.00 bits per heavy atom. The molecule has 1 heterocycles. The standard InChI is InChI=1S/C12H14O4/c1-3-15-10-5-4-8-7(2)12(14)16-6-9(8)11(10)13/h4-5,7,13H,3,6H2,1-2H3. The Labute approximate surface area is 93.8 Å². The van der Waals surface area contributed by atoms with E-state index in [4.69, 9.17) is 9.47 Å². The third kappa shape index (κ3) is 1.60. The summed E-state index contributed by atoms with van der Waals surface area (Å²) in [5.41, 5.74) is 1.47. The van der Waals surface area contributed by atoms with E-state index >= 15 is 0 Å². The van der Waals surface area contributed by atoms with Crippen molar-refractivity contribution in [3.63, 3.8) is 0 Å². The molecular weight excluding hydrogens is 208 g/mol. The zero-order valence-electron chi connectivity index (χ0n) is 9.32. The molecule has 0 aliphatic carbocycles. The average molecular weight is 222 g/mol. The van der Waals surface area contributed by atoms with Crippen LogP contribution in [0.4, 0.5) is 0 Å². The first kappa shape index (κ1) is 10.8. The van der Waals surface area contributed by atoms with E-state index in [1.54, 1.807) is 13.0 Å². The highest BCUT2D eigenvalue weighted by Crippen LogP contribution is 2.38. The maximum atomic E-state index is 11.3. The third-order valence-corrected chi connectivity index (χ3v) is 2.76. The van der Waals surface area contributed by atoms with Crippen LogP contribution in [0.3, 0.4) is 0 Å². The number of benzene rings is 1. The molecule has 1 aliphatic rings. The average Bonchev–Trinajstić information content (AvgIpc) is 2.28. The number of ether oxygens (including phenoxy) is 2. The van der Waals surface area contributed by atoms with Gasteiger partial charge in [0.15, 0.2) is 11.5 Å². The Kier molecular flexibility index (Phi) is 2.73. The highest BCUT2D eigenvalue weighted by atomic mass is 16.5. The minimum absolute atomic E-state index is 0.0821. The normalized spacial score (nSPS) is 18.9. The first-order valence-electron chi connectivity index (χ1n) is 5.29. The van der Waals surface area contributed by atoms with Crippen LogP contribution in [-0.4, -0.2) is 17.7 Å². The molecule has 0 aromatic heterocycles. The van der Waals surface area contributed by atoms with E-state index in [0.29, 0.717) is 17.9 Å². The SMILES string of the molecule is CCOc1ccc2c(c1O)COC(=O)C2C. The second kappa shape index (κ2) is 4.04. The number of carbonyl (C=O) groups is 1. The fraction of sp³-hybridized carbons (Fsp3) is 0.417. The van der Waals surface area contributed by atoms with Crippen molar-refractivity contribution in [2.75, 3.05) is 6.61 Å². The largest absolute Gasteiger partial charge is 0.504 e. The van der Waals surface area contributed by atoms with Gasteiger partial charge in [-0.3, -0.25) is 4.79 Å². The number of hydrogen-bond donors (Lipinski definition) is 1. The molecule has 86 valence electrons. The van der Waals surface area contributed by atoms with Crippen molar-refractivity contribution in [1.29, 1.82) is 0 Å². The van der Waals surface area contributed by atoms with Gasteiger partial charge in [0, 0.05) is 5.56 Å². The lowest BCUT2D eigenvalue weighted by molar-refractivity contribution is -0.147. The molecule has 1 aromatic carbocycles. The summed E-state index contributed by atoms with van der Waals surface area (Å²) >= 11 is 0. The molecule has 0 radical (unpaired) electrons. The molecule has 1 unspecified atom stereocenters. The van der Waals surface area contributed by atoms with Gasteiger partial charge in [0.05, 0.1) is 12.5 Å². The number of cyclic esters (lactones) is 1. The predicted molar refractivity (Wildman–Crippen MR) is 57.5 cm³/mol. The van der Waals surface area contributed by atoms with Crippen LogP contribution in [0.25, 0.3) is 0 Å². The molecule has 0 bridgehead atoms. The molecule has 1 aliphatic heterocycles. The summed E-state index contributed by atoms with van der Waals surface area (Å²) in [7, 11) is 0. The molecule has 4 heteroatoms. The van der Waals surface area contributed by atoms with Crippen molar-refractivity contribution in [1.82, 2.24) is 0 Å². The number of aromatic hydroxyl groups is 1. The molecule has 0 saturated heterocycles. The first-order valence-corrected chi connectivity index (χ1v) is 5.29. The number of rotatable bonds is 2. The summed E-state index contributed by atoms with van der Waals surface area (Å²) in [6, 6.07) is 3.50. The summed E-state index contributed by atoms with van der Waals surface area (Å²) in [6.45, 7) is 4.22. The molecule has 0 saturated carbocycles. The highest BCUT2D eigenvalue weighted by molar-refractivity contribution is 5.80. The van der Waals surface area contributed by atoms with Crippen LogP contribution in [0.15, 0.2) is 12.1 Å². The first-order chi connectivity index (χ1) is 7.65. The summed E-state index contributed by atoms with van der Waals surface area (Å²) in [5.74, 6) is -0.0634. The summed E-state index contributed by atoms with van der Waals surface area (Å²) in [5, 5.41) is 9.95. The quantitative estimate of drug-likeness (QED) is 0.777. The van der Waals surface area contributed by atoms with E-state index in [-0.39, 0.29) is 24.2 Å². The molecule has 0 fully saturated rings. The molecule has 1 atom stereocenters. The number of phenols is 1. The Morgan fingerprint density at radius 2 is 2.31 bits per heavy atom. The minimum Gasteiger partial charge on any atom is -0.504 e. The molecule has 1 aromatic rings. The lowest BCUT2D eigenvalue weighted by Crippen LogP contribution is -2.20. The Morgan fingerprint density at radius 1 is 1.56 bits per heavy atom. The van der Waals surface area contributed by atoms with Gasteiger partial charge < -0.3 is 14.6 Å². The Hall–Kier alpha value is -1.71. The van der Waals surface area contributed by atoms with Crippen molar-refractivity contribution >= 4 is 5.97 Å². The van der Waals surface area contributed by atoms with E-state index in [9.17, 15) is 9.90 Å². The summed E-state index contributed by atoms with van der Waals surface area (Å²) in [6.07, 6.45) is 0. The van der Waals surface area contributed by atoms with Gasteiger partial charge in [0.25, 0.3) is 0 Å². The molecule has 16 heavy (non-hydrogen) atoms. The minimum atomic E-state index is -0.328. The Balaban J connectivity index is 2.46. The van der Waals surface area contributed by atoms with Gasteiger partial charge in [-0.05, 0) is 25.5 Å². The smallest absolute Gasteiger partial charge is 0.313 e. The van der Waals surface area contributed by atoms with Crippen LogP contribution in [0.1, 0.15) is 30.9 Å². The van der Waals surface area contributed by atoms with Crippen LogP contribution < -0.4 is 4.74 Å². The fourth-order valence-electron chi connectivity index (χ4n) is 1.86. The lowest BCUT2D eigenvalue weighted by Gasteiger charge is -2.23. The van der Waals surface area contributed by atoms with E-state index < -0.39 is 0 Å². The maximum absolute atomic E-state index is 11.3. The second-order valence-electron chi connectivity index (χ2n) is 3.74. The van der Waals surface area contributed by atoms with E-state index in [2.05, 4.69) is 0 Å². The van der Waals surface area contributed by atoms with Crippen LogP contribution >= 0.6 is 0 Å². The van der Waals surface area contributed by atoms with Crippen molar-refractivity contribution < 1.29 is 19.4 Å². The molecular formula is C12H14O4. The summed E-state index contributed by atoms with van der Waals surface area (Å²) < 4.78 is 10.3. The number of fused-ring (bicyclic) bond motifs is 1. The zero-order chi connectivity index (χ0) is 11.7. The van der Waals surface area contributed by atoms with Crippen LogP contribution in [0.5, 0.6) is 11.5 Å². The van der Waals surface area contributed by atoms with Crippen molar-refractivity contribution in [3.05, 3.63) is 23.3 Å². The number of carbonyl (C=O) groups excluding carboxylic acids is 1. The van der Waals surface area contributed by atoms with Gasteiger partial charge in [-0.1, -0.05) is 6.07 Å². The Bertz CT molecular complexity index is 425. The highest BCUT2D eigenvalue weighted by Gasteiger charge is 2.28. The van der Waals surface area contributed by atoms with Gasteiger partial charge >= 0.3 is 5.97 Å². The number of hydrogen-bond acceptors (Lipinski definition) is 4. The molecule has 4 nitrogen and oxygen atoms in total. The van der Waals surface area contributed by atoms with E-state index in [1.807, 2.05) is 13.0 Å². The van der Waals surface area contributed by atoms with Crippen LogP contribution in [0, 0.1) is 0 Å². The van der Waals surface area contributed by atoms with Crippen LogP contribution in [0.2, 0.25) is 0 Å². The second-order valence-corrected chi connectivity index (χ2v) is 3.74. The fourth-order valence-corrected chi connectivity index (χ4v) is 1.86. The maximum Gasteiger partial charge on any atom is 0.313 e. The lowest BCUT2D eigenvalue weighted by atomic mass is 9.93. The molecule has 2 rings (SSSR count). The van der Waals surface area contributed by atoms with E-state index in [1.165, 1.54) is 0 Å². The van der Waals surface area contributed by atoms with Crippen molar-refractivity contribution in [3.8, 4) is 11.5 Å². The third-order valence-electron chi connectivity index (χ3n) is 2.76. The topological polar surface area (TPSA) is 55.8 Å². The predicted octanol–water partition coefficient (Wildman–Crippen LogP) is 1.95. The zero-order valence-corrected chi connectivity index (χ0v) is 9.32. The van der Waals surface area contributed by atoms with E-state index in [0.717, 1.165) is 5.56 Å². The monoisotopic (exact) mass is 222 g/mol. The van der Waals surface area contributed by atoms with Crippen molar-refractivity contribution in [2.45, 2.75) is 26.4 Å². The van der Waals surface area contributed by atoms with Gasteiger partial charge in [-0.25, -0.2) is 0 Å². The van der Waals surface area contributed by atoms with Gasteiger partial charge in [-0.15, -0.1) is 0 Å². The van der Waals surface area contributed by atoms with Crippen LogP contribution in [-0.2, 0) is 16.1 Å². The molecule has 0 amide bonds. The van der Waals surface area contributed by atoms with Crippen molar-refractivity contribution in [2.24, 2.45) is 0 Å². The number of phenolic OH excluding ortho intramolecular Hbond substituents is 1.